The summed E-state index contributed by atoms with van der Waals surface area (Å²) in [4.78, 5) is 17.6. The van der Waals surface area contributed by atoms with Crippen molar-refractivity contribution in [3.05, 3.63) is 70.0 Å². The van der Waals surface area contributed by atoms with Crippen LogP contribution in [0.5, 0.6) is 0 Å². The molecular formula is C20H22N2OS. The number of aromatic nitrogens is 2. The lowest BCUT2D eigenvalue weighted by molar-refractivity contribution is 0.557. The Kier molecular flexibility index (Phi) is 5.36. The zero-order chi connectivity index (χ0) is 16.9. The van der Waals surface area contributed by atoms with E-state index in [2.05, 4.69) is 38.1 Å². The number of thioether (sulfide) groups is 1. The number of nitrogens with zero attached hydrogens (tertiary/aromatic N) is 2. The molecule has 124 valence electrons. The normalized spacial score (nSPS) is 11.1. The maximum Gasteiger partial charge on any atom is 0.262 e. The van der Waals surface area contributed by atoms with Gasteiger partial charge in [0.1, 0.15) is 0 Å². The molecule has 3 rings (SSSR count). The predicted molar refractivity (Wildman–Crippen MR) is 102 cm³/mol. The van der Waals surface area contributed by atoms with Gasteiger partial charge in [-0.2, -0.15) is 0 Å². The van der Waals surface area contributed by atoms with E-state index in [1.165, 1.54) is 11.1 Å². The van der Waals surface area contributed by atoms with Crippen molar-refractivity contribution < 1.29 is 0 Å². The Hall–Kier alpha value is -2.07. The van der Waals surface area contributed by atoms with Crippen molar-refractivity contribution in [2.24, 2.45) is 0 Å². The Bertz CT molecular complexity index is 884. The second kappa shape index (κ2) is 7.67. The van der Waals surface area contributed by atoms with Crippen LogP contribution in [-0.4, -0.2) is 9.55 Å². The van der Waals surface area contributed by atoms with Crippen LogP contribution in [0, 0.1) is 6.92 Å². The predicted octanol–water partition coefficient (Wildman–Crippen LogP) is 4.80. The number of rotatable bonds is 6. The summed E-state index contributed by atoms with van der Waals surface area (Å²) >= 11 is 1.64. The lowest BCUT2D eigenvalue weighted by atomic mass is 10.2. The molecule has 1 heterocycles. The molecule has 0 aliphatic carbocycles. The standard InChI is InChI=1S/C20H22N2OS/c1-3-4-13-22-19(23)17-7-5-6-8-18(17)21-20(22)24-14-16-11-9-15(2)10-12-16/h5-12H,3-4,13-14H2,1-2H3. The van der Waals surface area contributed by atoms with Gasteiger partial charge in [-0.3, -0.25) is 9.36 Å². The first-order valence-electron chi connectivity index (χ1n) is 8.37. The van der Waals surface area contributed by atoms with E-state index >= 15 is 0 Å². The van der Waals surface area contributed by atoms with Crippen LogP contribution in [0.15, 0.2) is 58.5 Å². The van der Waals surface area contributed by atoms with E-state index < -0.39 is 0 Å². The minimum Gasteiger partial charge on any atom is -0.287 e. The van der Waals surface area contributed by atoms with Gasteiger partial charge in [0, 0.05) is 12.3 Å². The molecule has 0 amide bonds. The van der Waals surface area contributed by atoms with Gasteiger partial charge in [-0.15, -0.1) is 0 Å². The van der Waals surface area contributed by atoms with Crippen LogP contribution in [0.4, 0.5) is 0 Å². The fraction of sp³-hybridized carbons (Fsp3) is 0.300. The molecule has 0 unspecified atom stereocenters. The van der Waals surface area contributed by atoms with Crippen molar-refractivity contribution in [1.82, 2.24) is 9.55 Å². The third-order valence-corrected chi connectivity index (χ3v) is 5.10. The van der Waals surface area contributed by atoms with Crippen LogP contribution >= 0.6 is 11.8 Å². The first-order chi connectivity index (χ1) is 11.7. The molecular weight excluding hydrogens is 316 g/mol. The summed E-state index contributed by atoms with van der Waals surface area (Å²) < 4.78 is 1.84. The molecule has 0 bridgehead atoms. The zero-order valence-electron chi connectivity index (χ0n) is 14.2. The van der Waals surface area contributed by atoms with Gasteiger partial charge in [-0.25, -0.2) is 4.98 Å². The average Bonchev–Trinajstić information content (AvgIpc) is 2.61. The lowest BCUT2D eigenvalue weighted by Crippen LogP contribution is -2.23. The van der Waals surface area contributed by atoms with Gasteiger partial charge in [0.15, 0.2) is 5.16 Å². The van der Waals surface area contributed by atoms with Gasteiger partial charge in [-0.1, -0.05) is 67.1 Å². The first kappa shape index (κ1) is 16.8. The highest BCUT2D eigenvalue weighted by Crippen LogP contribution is 2.22. The smallest absolute Gasteiger partial charge is 0.262 e. The third kappa shape index (κ3) is 3.70. The number of unbranched alkanes of at least 4 members (excludes halogenated alkanes) is 1. The van der Waals surface area contributed by atoms with Crippen molar-refractivity contribution in [3.63, 3.8) is 0 Å². The molecule has 0 saturated heterocycles. The molecule has 3 nitrogen and oxygen atoms in total. The van der Waals surface area contributed by atoms with Crippen LogP contribution in [0.25, 0.3) is 10.9 Å². The maximum absolute atomic E-state index is 12.8. The van der Waals surface area contributed by atoms with Crippen LogP contribution in [0.2, 0.25) is 0 Å². The van der Waals surface area contributed by atoms with Crippen molar-refractivity contribution >= 4 is 22.7 Å². The van der Waals surface area contributed by atoms with Crippen LogP contribution < -0.4 is 5.56 Å². The van der Waals surface area contributed by atoms with E-state index in [4.69, 9.17) is 4.98 Å². The van der Waals surface area contributed by atoms with E-state index in [0.29, 0.717) is 5.39 Å². The molecule has 0 radical (unpaired) electrons. The van der Waals surface area contributed by atoms with Crippen molar-refractivity contribution in [2.75, 3.05) is 0 Å². The minimum absolute atomic E-state index is 0.0699. The fourth-order valence-electron chi connectivity index (χ4n) is 2.60. The molecule has 0 saturated carbocycles. The number of fused-ring (bicyclic) bond motifs is 1. The lowest BCUT2D eigenvalue weighted by Gasteiger charge is -2.12. The van der Waals surface area contributed by atoms with E-state index in [0.717, 1.165) is 35.8 Å². The molecule has 1 aromatic heterocycles. The molecule has 0 atom stereocenters. The zero-order valence-corrected chi connectivity index (χ0v) is 15.0. The minimum atomic E-state index is 0.0699. The van der Waals surface area contributed by atoms with Crippen LogP contribution in [-0.2, 0) is 12.3 Å². The summed E-state index contributed by atoms with van der Waals surface area (Å²) in [5.74, 6) is 0.817. The molecule has 0 N–H and O–H groups in total. The summed E-state index contributed by atoms with van der Waals surface area (Å²) in [6.45, 7) is 4.95. The van der Waals surface area contributed by atoms with E-state index in [9.17, 15) is 4.79 Å². The van der Waals surface area contributed by atoms with Gasteiger partial charge < -0.3 is 0 Å². The number of hydrogen-bond donors (Lipinski definition) is 0. The summed E-state index contributed by atoms with van der Waals surface area (Å²) in [6, 6.07) is 16.1. The second-order valence-corrected chi connectivity index (χ2v) is 6.94. The highest BCUT2D eigenvalue weighted by molar-refractivity contribution is 7.98. The van der Waals surface area contributed by atoms with Crippen molar-refractivity contribution in [3.8, 4) is 0 Å². The maximum atomic E-state index is 12.8. The van der Waals surface area contributed by atoms with Crippen LogP contribution in [0.1, 0.15) is 30.9 Å². The quantitative estimate of drug-likeness (QED) is 0.478. The Morgan fingerprint density at radius 3 is 2.58 bits per heavy atom. The van der Waals surface area contributed by atoms with Gasteiger partial charge in [-0.05, 0) is 31.0 Å². The monoisotopic (exact) mass is 338 g/mol. The SMILES string of the molecule is CCCCn1c(SCc2ccc(C)cc2)nc2ccccc2c1=O. The van der Waals surface area contributed by atoms with Crippen molar-refractivity contribution in [2.45, 2.75) is 44.1 Å². The Labute approximate surface area is 146 Å². The molecule has 3 aromatic rings. The summed E-state index contributed by atoms with van der Waals surface area (Å²) in [6.07, 6.45) is 2.04. The molecule has 2 aromatic carbocycles. The molecule has 0 fully saturated rings. The van der Waals surface area contributed by atoms with Gasteiger partial charge in [0.2, 0.25) is 0 Å². The number of para-hydroxylation sites is 1. The molecule has 0 aliphatic rings. The summed E-state index contributed by atoms with van der Waals surface area (Å²) in [5, 5.41) is 1.51. The van der Waals surface area contributed by atoms with E-state index in [-0.39, 0.29) is 5.56 Å². The highest BCUT2D eigenvalue weighted by atomic mass is 32.2. The Morgan fingerprint density at radius 2 is 1.83 bits per heavy atom. The van der Waals surface area contributed by atoms with Crippen LogP contribution in [0.3, 0.4) is 0 Å². The molecule has 24 heavy (non-hydrogen) atoms. The summed E-state index contributed by atoms with van der Waals surface area (Å²) in [5.41, 5.74) is 3.35. The van der Waals surface area contributed by atoms with Gasteiger partial charge >= 0.3 is 0 Å². The molecule has 0 aliphatic heterocycles. The molecule has 4 heteroatoms. The average molecular weight is 338 g/mol. The fourth-order valence-corrected chi connectivity index (χ4v) is 3.58. The summed E-state index contributed by atoms with van der Waals surface area (Å²) in [7, 11) is 0. The Balaban J connectivity index is 1.95. The third-order valence-electron chi connectivity index (χ3n) is 4.05. The number of benzene rings is 2. The number of aryl methyl sites for hydroxylation is 1. The number of hydrogen-bond acceptors (Lipinski definition) is 3. The van der Waals surface area contributed by atoms with E-state index in [1.807, 2.05) is 28.8 Å². The Morgan fingerprint density at radius 1 is 1.08 bits per heavy atom. The first-order valence-corrected chi connectivity index (χ1v) is 9.35. The van der Waals surface area contributed by atoms with E-state index in [1.54, 1.807) is 11.8 Å². The van der Waals surface area contributed by atoms with Crippen molar-refractivity contribution in [1.29, 1.82) is 0 Å². The topological polar surface area (TPSA) is 34.9 Å². The molecule has 0 spiro atoms. The van der Waals surface area contributed by atoms with Gasteiger partial charge in [0.05, 0.1) is 10.9 Å². The highest BCUT2D eigenvalue weighted by Gasteiger charge is 2.11. The van der Waals surface area contributed by atoms with Gasteiger partial charge in [0.25, 0.3) is 5.56 Å². The largest absolute Gasteiger partial charge is 0.287 e. The second-order valence-electron chi connectivity index (χ2n) is 6.00.